The van der Waals surface area contributed by atoms with Crippen LogP contribution in [0.1, 0.15) is 43.9 Å². The van der Waals surface area contributed by atoms with Crippen molar-refractivity contribution < 1.29 is 14.2 Å². The summed E-state index contributed by atoms with van der Waals surface area (Å²) in [6.45, 7) is 3.05. The van der Waals surface area contributed by atoms with E-state index in [2.05, 4.69) is 22.3 Å². The molecule has 1 aliphatic heterocycles. The van der Waals surface area contributed by atoms with E-state index in [4.69, 9.17) is 4.74 Å². The van der Waals surface area contributed by atoms with Crippen LogP contribution in [0.2, 0.25) is 0 Å². The summed E-state index contributed by atoms with van der Waals surface area (Å²) >= 11 is 0. The lowest BCUT2D eigenvalue weighted by atomic mass is 9.35. The molecular formula is C18H20FN5O2. The SMILES string of the molecule is CC12CC(c3c(C#N)c(F)c4cnc(N[C@@H]5CCOC[C@H]5O)nn34)(C1)C2. The molecule has 136 valence electrons. The van der Waals surface area contributed by atoms with Gasteiger partial charge in [-0.25, -0.2) is 13.9 Å². The van der Waals surface area contributed by atoms with Crippen LogP contribution in [0.25, 0.3) is 5.52 Å². The lowest BCUT2D eigenvalue weighted by Gasteiger charge is -2.69. The van der Waals surface area contributed by atoms with Crippen molar-refractivity contribution in [3.05, 3.63) is 23.3 Å². The zero-order valence-electron chi connectivity index (χ0n) is 14.5. The van der Waals surface area contributed by atoms with Gasteiger partial charge >= 0.3 is 0 Å². The first kappa shape index (κ1) is 16.0. The molecule has 4 aliphatic rings. The van der Waals surface area contributed by atoms with Crippen molar-refractivity contribution in [1.82, 2.24) is 14.6 Å². The number of hydrogen-bond acceptors (Lipinski definition) is 6. The number of nitrogens with zero attached hydrogens (tertiary/aromatic N) is 4. The lowest BCUT2D eigenvalue weighted by Crippen LogP contribution is -2.63. The number of hydrogen-bond donors (Lipinski definition) is 2. The highest BCUT2D eigenvalue weighted by Crippen LogP contribution is 2.73. The molecule has 7 nitrogen and oxygen atoms in total. The maximum Gasteiger partial charge on any atom is 0.241 e. The van der Waals surface area contributed by atoms with Crippen LogP contribution < -0.4 is 5.32 Å². The highest BCUT2D eigenvalue weighted by atomic mass is 19.1. The van der Waals surface area contributed by atoms with Gasteiger partial charge in [0.05, 0.1) is 30.6 Å². The van der Waals surface area contributed by atoms with Gasteiger partial charge in [-0.15, -0.1) is 5.10 Å². The summed E-state index contributed by atoms with van der Waals surface area (Å²) in [5, 5.41) is 27.2. The van der Waals surface area contributed by atoms with Crippen molar-refractivity contribution in [3.8, 4) is 6.07 Å². The minimum absolute atomic E-state index is 0.0873. The Hall–Kier alpha value is -2.24. The Labute approximate surface area is 149 Å². The first-order valence-electron chi connectivity index (χ1n) is 8.95. The summed E-state index contributed by atoms with van der Waals surface area (Å²) in [5.74, 6) is -0.225. The van der Waals surface area contributed by atoms with Crippen LogP contribution in [0, 0.1) is 22.6 Å². The zero-order chi connectivity index (χ0) is 18.1. The molecule has 2 bridgehead atoms. The summed E-state index contributed by atoms with van der Waals surface area (Å²) < 4.78 is 21.5. The molecule has 4 fully saturated rings. The van der Waals surface area contributed by atoms with Crippen molar-refractivity contribution >= 4 is 11.5 Å². The Morgan fingerprint density at radius 3 is 2.88 bits per heavy atom. The van der Waals surface area contributed by atoms with Crippen molar-refractivity contribution in [2.75, 3.05) is 18.5 Å². The van der Waals surface area contributed by atoms with Gasteiger partial charge in [-0.1, -0.05) is 6.92 Å². The van der Waals surface area contributed by atoms with E-state index in [0.717, 1.165) is 19.3 Å². The van der Waals surface area contributed by atoms with Gasteiger partial charge in [-0.05, 0) is 31.1 Å². The van der Waals surface area contributed by atoms with E-state index in [-0.39, 0.29) is 29.1 Å². The number of anilines is 1. The number of ether oxygens (including phenoxy) is 1. The van der Waals surface area contributed by atoms with Crippen molar-refractivity contribution in [2.24, 2.45) is 5.41 Å². The molecule has 2 N–H and O–H groups in total. The van der Waals surface area contributed by atoms with Crippen LogP contribution in [0.15, 0.2) is 6.20 Å². The van der Waals surface area contributed by atoms with Crippen LogP contribution in [0.5, 0.6) is 0 Å². The van der Waals surface area contributed by atoms with E-state index >= 15 is 0 Å². The van der Waals surface area contributed by atoms with Gasteiger partial charge in [-0.3, -0.25) is 0 Å². The highest BCUT2D eigenvalue weighted by Gasteiger charge is 2.67. The summed E-state index contributed by atoms with van der Waals surface area (Å²) in [6.07, 6.45) is 4.30. The Kier molecular flexibility index (Phi) is 3.16. The van der Waals surface area contributed by atoms with E-state index < -0.39 is 11.9 Å². The van der Waals surface area contributed by atoms with E-state index in [1.54, 1.807) is 4.52 Å². The molecule has 0 amide bonds. The van der Waals surface area contributed by atoms with Gasteiger partial charge in [0.1, 0.15) is 17.1 Å². The largest absolute Gasteiger partial charge is 0.389 e. The molecule has 3 aliphatic carbocycles. The second-order valence-corrected chi connectivity index (χ2v) is 8.33. The molecule has 0 unspecified atom stereocenters. The first-order chi connectivity index (χ1) is 12.4. The van der Waals surface area contributed by atoms with Crippen molar-refractivity contribution in [3.63, 3.8) is 0 Å². The Bertz CT molecular complexity index is 929. The normalized spacial score (nSPS) is 35.5. The van der Waals surface area contributed by atoms with Crippen LogP contribution >= 0.6 is 0 Å². The molecular weight excluding hydrogens is 337 g/mol. The molecule has 0 aromatic carbocycles. The molecule has 6 rings (SSSR count). The maximum absolute atomic E-state index is 14.7. The average molecular weight is 357 g/mol. The van der Waals surface area contributed by atoms with Gasteiger partial charge in [0.15, 0.2) is 5.82 Å². The van der Waals surface area contributed by atoms with Gasteiger partial charge in [0.2, 0.25) is 5.95 Å². The Balaban J connectivity index is 1.56. The van der Waals surface area contributed by atoms with Gasteiger partial charge in [0.25, 0.3) is 0 Å². The maximum atomic E-state index is 14.7. The third kappa shape index (κ3) is 2.04. The Morgan fingerprint density at radius 2 is 2.23 bits per heavy atom. The second-order valence-electron chi connectivity index (χ2n) is 8.33. The lowest BCUT2D eigenvalue weighted by molar-refractivity contribution is -0.129. The number of aliphatic hydroxyl groups excluding tert-OH is 1. The van der Waals surface area contributed by atoms with E-state index in [0.29, 0.717) is 30.1 Å². The first-order valence-corrected chi connectivity index (χ1v) is 8.95. The molecule has 1 saturated heterocycles. The predicted octanol–water partition coefficient (Wildman–Crippen LogP) is 1.74. The van der Waals surface area contributed by atoms with Crippen LogP contribution in [-0.4, -0.2) is 45.1 Å². The molecule has 26 heavy (non-hydrogen) atoms. The number of fused-ring (bicyclic) bond motifs is 1. The fourth-order valence-electron chi connectivity index (χ4n) is 5.27. The van der Waals surface area contributed by atoms with Crippen LogP contribution in [0.3, 0.4) is 0 Å². The Morgan fingerprint density at radius 1 is 1.46 bits per heavy atom. The van der Waals surface area contributed by atoms with Crippen molar-refractivity contribution in [1.29, 1.82) is 5.26 Å². The molecule has 3 heterocycles. The fourth-order valence-corrected chi connectivity index (χ4v) is 5.27. The third-order valence-electron chi connectivity index (χ3n) is 6.18. The summed E-state index contributed by atoms with van der Waals surface area (Å²) in [4.78, 5) is 4.19. The minimum Gasteiger partial charge on any atom is -0.389 e. The molecule has 2 aromatic heterocycles. The van der Waals surface area contributed by atoms with Gasteiger partial charge in [0, 0.05) is 12.0 Å². The number of rotatable bonds is 3. The molecule has 2 aromatic rings. The molecule has 0 radical (unpaired) electrons. The smallest absolute Gasteiger partial charge is 0.241 e. The quantitative estimate of drug-likeness (QED) is 0.869. The monoisotopic (exact) mass is 357 g/mol. The number of halogens is 1. The number of aliphatic hydroxyl groups is 1. The topological polar surface area (TPSA) is 95.5 Å². The number of aromatic nitrogens is 3. The summed E-state index contributed by atoms with van der Waals surface area (Å²) in [6, 6.07) is 1.82. The zero-order valence-corrected chi connectivity index (χ0v) is 14.5. The average Bonchev–Trinajstić information content (AvgIpc) is 2.85. The summed E-state index contributed by atoms with van der Waals surface area (Å²) in [7, 11) is 0. The summed E-state index contributed by atoms with van der Waals surface area (Å²) in [5.41, 5.74) is 1.17. The molecule has 2 atom stereocenters. The highest BCUT2D eigenvalue weighted by molar-refractivity contribution is 5.61. The minimum atomic E-state index is -0.642. The van der Waals surface area contributed by atoms with Crippen molar-refractivity contribution in [2.45, 2.75) is 50.2 Å². The number of nitrogens with one attached hydrogen (secondary N) is 1. The van der Waals surface area contributed by atoms with Crippen LogP contribution in [0.4, 0.5) is 10.3 Å². The second kappa shape index (κ2) is 5.15. The van der Waals surface area contributed by atoms with Crippen LogP contribution in [-0.2, 0) is 10.2 Å². The molecule has 0 spiro atoms. The van der Waals surface area contributed by atoms with Gasteiger partial charge in [-0.2, -0.15) is 5.26 Å². The fraction of sp³-hybridized carbons (Fsp3) is 0.611. The number of nitriles is 1. The third-order valence-corrected chi connectivity index (χ3v) is 6.18. The van der Waals surface area contributed by atoms with E-state index in [1.165, 1.54) is 6.20 Å². The molecule has 3 saturated carbocycles. The predicted molar refractivity (Wildman–Crippen MR) is 90.1 cm³/mol. The van der Waals surface area contributed by atoms with E-state index in [1.807, 2.05) is 6.07 Å². The molecule has 8 heteroatoms. The standard InChI is InChI=1S/C18H20FN5O2/c1-17-7-18(8-17,9-17)15-10(4-20)14(19)12-5-21-16(23-24(12)15)22-11-2-3-26-6-13(11)25/h5,11,13,25H,2-3,6-9H2,1H3,(H,22,23)/t11-,13-,17?,18?/m1/s1. The van der Waals surface area contributed by atoms with Gasteiger partial charge < -0.3 is 15.2 Å². The van der Waals surface area contributed by atoms with E-state index in [9.17, 15) is 14.8 Å².